The van der Waals surface area contributed by atoms with Gasteiger partial charge in [0.05, 0.1) is 13.7 Å². The van der Waals surface area contributed by atoms with Crippen LogP contribution >= 0.6 is 0 Å². The lowest BCUT2D eigenvalue weighted by atomic mass is 10.2. The first-order chi connectivity index (χ1) is 8.24. The van der Waals surface area contributed by atoms with Gasteiger partial charge in [-0.15, -0.1) is 0 Å². The van der Waals surface area contributed by atoms with Crippen molar-refractivity contribution in [2.24, 2.45) is 0 Å². The van der Waals surface area contributed by atoms with Gasteiger partial charge in [0, 0.05) is 17.5 Å². The number of hydrogen-bond donors (Lipinski definition) is 1. The summed E-state index contributed by atoms with van der Waals surface area (Å²) in [5.41, 5.74) is 2.02. The lowest BCUT2D eigenvalue weighted by Crippen LogP contribution is -1.95. The normalized spacial score (nSPS) is 10.3. The standard InChI is InChI=1S/C13H16N2O2/c1-4-17-11-6-5-10(7-12(11)16-3)13-14-8-9(2)15-13/h5-8H,4H2,1-3H3,(H,14,15). The zero-order valence-electron chi connectivity index (χ0n) is 10.3. The van der Waals surface area contributed by atoms with E-state index >= 15 is 0 Å². The van der Waals surface area contributed by atoms with Crippen molar-refractivity contribution < 1.29 is 9.47 Å². The second-order valence-electron chi connectivity index (χ2n) is 3.71. The summed E-state index contributed by atoms with van der Waals surface area (Å²) < 4.78 is 10.8. The van der Waals surface area contributed by atoms with Crippen molar-refractivity contribution in [3.05, 3.63) is 30.1 Å². The van der Waals surface area contributed by atoms with E-state index in [0.717, 1.165) is 28.6 Å². The molecule has 17 heavy (non-hydrogen) atoms. The Morgan fingerprint density at radius 1 is 1.29 bits per heavy atom. The number of aryl methyl sites for hydroxylation is 1. The van der Waals surface area contributed by atoms with Crippen molar-refractivity contribution in [2.75, 3.05) is 13.7 Å². The number of nitrogens with zero attached hydrogens (tertiary/aromatic N) is 1. The number of nitrogens with one attached hydrogen (secondary N) is 1. The second kappa shape index (κ2) is 4.91. The minimum Gasteiger partial charge on any atom is -0.493 e. The monoisotopic (exact) mass is 232 g/mol. The topological polar surface area (TPSA) is 47.1 Å². The molecule has 1 N–H and O–H groups in total. The molecule has 0 bridgehead atoms. The molecule has 1 heterocycles. The smallest absolute Gasteiger partial charge is 0.161 e. The molecule has 0 fully saturated rings. The average molecular weight is 232 g/mol. The van der Waals surface area contributed by atoms with E-state index in [9.17, 15) is 0 Å². The van der Waals surface area contributed by atoms with E-state index in [1.54, 1.807) is 13.3 Å². The maximum atomic E-state index is 5.47. The van der Waals surface area contributed by atoms with Crippen molar-refractivity contribution in [1.82, 2.24) is 9.97 Å². The highest BCUT2D eigenvalue weighted by Gasteiger charge is 2.08. The van der Waals surface area contributed by atoms with Crippen molar-refractivity contribution in [1.29, 1.82) is 0 Å². The summed E-state index contributed by atoms with van der Waals surface area (Å²) in [7, 11) is 1.63. The van der Waals surface area contributed by atoms with Crippen molar-refractivity contribution in [3.63, 3.8) is 0 Å². The van der Waals surface area contributed by atoms with E-state index < -0.39 is 0 Å². The molecule has 0 aliphatic rings. The van der Waals surface area contributed by atoms with Gasteiger partial charge in [-0.2, -0.15) is 0 Å². The number of hydrogen-bond acceptors (Lipinski definition) is 3. The molecular weight excluding hydrogens is 216 g/mol. The fourth-order valence-corrected chi connectivity index (χ4v) is 1.65. The number of ether oxygens (including phenoxy) is 2. The van der Waals surface area contributed by atoms with Crippen LogP contribution in [0.4, 0.5) is 0 Å². The Kier molecular flexibility index (Phi) is 3.32. The van der Waals surface area contributed by atoms with Crippen LogP contribution in [0, 0.1) is 6.92 Å². The summed E-state index contributed by atoms with van der Waals surface area (Å²) in [5, 5.41) is 0. The van der Waals surface area contributed by atoms with E-state index in [4.69, 9.17) is 9.47 Å². The zero-order chi connectivity index (χ0) is 12.3. The lowest BCUT2D eigenvalue weighted by molar-refractivity contribution is 0.311. The fourth-order valence-electron chi connectivity index (χ4n) is 1.65. The minimum atomic E-state index is 0.621. The SMILES string of the molecule is CCOc1ccc(-c2ncc(C)[nH]2)cc1OC. The Morgan fingerprint density at radius 2 is 2.12 bits per heavy atom. The van der Waals surface area contributed by atoms with Gasteiger partial charge in [0.25, 0.3) is 0 Å². The van der Waals surface area contributed by atoms with Crippen molar-refractivity contribution >= 4 is 0 Å². The first kappa shape index (κ1) is 11.5. The molecule has 2 aromatic rings. The van der Waals surface area contributed by atoms with E-state index in [-0.39, 0.29) is 0 Å². The third-order valence-electron chi connectivity index (χ3n) is 2.44. The first-order valence-electron chi connectivity index (χ1n) is 5.57. The molecule has 0 unspecified atom stereocenters. The van der Waals surface area contributed by atoms with Crippen LogP contribution < -0.4 is 9.47 Å². The third kappa shape index (κ3) is 2.41. The van der Waals surface area contributed by atoms with Gasteiger partial charge >= 0.3 is 0 Å². The summed E-state index contributed by atoms with van der Waals surface area (Å²) in [4.78, 5) is 7.47. The number of methoxy groups -OCH3 is 1. The van der Waals surface area contributed by atoms with E-state index in [2.05, 4.69) is 9.97 Å². The molecule has 0 aliphatic carbocycles. The molecule has 90 valence electrons. The zero-order valence-corrected chi connectivity index (χ0v) is 10.3. The van der Waals surface area contributed by atoms with Gasteiger partial charge in [0.15, 0.2) is 11.5 Å². The van der Waals surface area contributed by atoms with Gasteiger partial charge in [-0.05, 0) is 32.0 Å². The highest BCUT2D eigenvalue weighted by Crippen LogP contribution is 2.31. The first-order valence-corrected chi connectivity index (χ1v) is 5.57. The molecule has 4 heteroatoms. The molecule has 0 spiro atoms. The number of rotatable bonds is 4. The van der Waals surface area contributed by atoms with Crippen LogP contribution in [-0.2, 0) is 0 Å². The molecule has 0 saturated heterocycles. The fraction of sp³-hybridized carbons (Fsp3) is 0.308. The quantitative estimate of drug-likeness (QED) is 0.881. The highest BCUT2D eigenvalue weighted by molar-refractivity contribution is 5.61. The highest BCUT2D eigenvalue weighted by atomic mass is 16.5. The van der Waals surface area contributed by atoms with Gasteiger partial charge in [-0.1, -0.05) is 0 Å². The van der Waals surface area contributed by atoms with E-state index in [1.165, 1.54) is 0 Å². The molecule has 0 saturated carbocycles. The molecular formula is C13H16N2O2. The van der Waals surface area contributed by atoms with Crippen LogP contribution in [0.2, 0.25) is 0 Å². The summed E-state index contributed by atoms with van der Waals surface area (Å²) >= 11 is 0. The Hall–Kier alpha value is -1.97. The van der Waals surface area contributed by atoms with Crippen LogP contribution in [0.3, 0.4) is 0 Å². The van der Waals surface area contributed by atoms with Gasteiger partial charge in [-0.3, -0.25) is 0 Å². The van der Waals surface area contributed by atoms with Crippen molar-refractivity contribution in [3.8, 4) is 22.9 Å². The van der Waals surface area contributed by atoms with Crippen LogP contribution in [0.25, 0.3) is 11.4 Å². The Morgan fingerprint density at radius 3 is 2.71 bits per heavy atom. The van der Waals surface area contributed by atoms with Gasteiger partial charge in [0.1, 0.15) is 5.82 Å². The van der Waals surface area contributed by atoms with Crippen LogP contribution in [0.15, 0.2) is 24.4 Å². The third-order valence-corrected chi connectivity index (χ3v) is 2.44. The molecule has 2 rings (SSSR count). The average Bonchev–Trinajstić information content (AvgIpc) is 2.77. The van der Waals surface area contributed by atoms with Gasteiger partial charge in [-0.25, -0.2) is 4.98 Å². The number of imidazole rings is 1. The summed E-state index contributed by atoms with van der Waals surface area (Å²) in [6.45, 7) is 4.54. The van der Waals surface area contributed by atoms with Gasteiger partial charge in [0.2, 0.25) is 0 Å². The van der Waals surface area contributed by atoms with E-state index in [0.29, 0.717) is 6.61 Å². The van der Waals surface area contributed by atoms with Crippen LogP contribution in [0.1, 0.15) is 12.6 Å². The Labute approximate surface area is 101 Å². The Balaban J connectivity index is 2.37. The minimum absolute atomic E-state index is 0.621. The molecule has 0 amide bonds. The maximum Gasteiger partial charge on any atom is 0.161 e. The largest absolute Gasteiger partial charge is 0.493 e. The Bertz CT molecular complexity index is 506. The summed E-state index contributed by atoms with van der Waals surface area (Å²) in [6, 6.07) is 5.78. The predicted octanol–water partition coefficient (Wildman–Crippen LogP) is 2.79. The number of benzene rings is 1. The summed E-state index contributed by atoms with van der Waals surface area (Å²) in [6.07, 6.45) is 1.80. The van der Waals surface area contributed by atoms with Crippen molar-refractivity contribution in [2.45, 2.75) is 13.8 Å². The van der Waals surface area contributed by atoms with Crippen LogP contribution in [-0.4, -0.2) is 23.7 Å². The molecule has 4 nitrogen and oxygen atoms in total. The molecule has 0 radical (unpaired) electrons. The number of H-pyrrole nitrogens is 1. The molecule has 1 aromatic carbocycles. The molecule has 0 atom stereocenters. The number of aromatic nitrogens is 2. The van der Waals surface area contributed by atoms with E-state index in [1.807, 2.05) is 32.0 Å². The summed E-state index contributed by atoms with van der Waals surface area (Å²) in [5.74, 6) is 2.31. The lowest BCUT2D eigenvalue weighted by Gasteiger charge is -2.09. The van der Waals surface area contributed by atoms with Crippen LogP contribution in [0.5, 0.6) is 11.5 Å². The van der Waals surface area contributed by atoms with Gasteiger partial charge < -0.3 is 14.5 Å². The number of aromatic amines is 1. The molecule has 0 aliphatic heterocycles. The predicted molar refractivity (Wildman–Crippen MR) is 66.5 cm³/mol. The second-order valence-corrected chi connectivity index (χ2v) is 3.71. The molecule has 1 aromatic heterocycles. The maximum absolute atomic E-state index is 5.47.